The Bertz CT molecular complexity index is 830. The van der Waals surface area contributed by atoms with E-state index in [0.29, 0.717) is 27.2 Å². The number of para-hydroxylation sites is 1. The minimum absolute atomic E-state index is 0.0434. The molecule has 2 aromatic carbocycles. The van der Waals surface area contributed by atoms with E-state index in [1.165, 1.54) is 6.07 Å². The smallest absolute Gasteiger partial charge is 0.173 e. The third-order valence-corrected chi connectivity index (χ3v) is 3.87. The van der Waals surface area contributed by atoms with Crippen molar-refractivity contribution in [3.8, 4) is 34.3 Å². The average Bonchev–Trinajstić information content (AvgIpc) is 2.93. The number of ether oxygens (including phenoxy) is 1. The van der Waals surface area contributed by atoms with Gasteiger partial charge in [-0.3, -0.25) is 5.10 Å². The number of halogens is 1. The highest BCUT2D eigenvalue weighted by molar-refractivity contribution is 9.10. The lowest BCUT2D eigenvalue weighted by molar-refractivity contribution is 0.448. The van der Waals surface area contributed by atoms with Crippen LogP contribution < -0.4 is 4.74 Å². The van der Waals surface area contributed by atoms with Gasteiger partial charge >= 0.3 is 0 Å². The fourth-order valence-electron chi connectivity index (χ4n) is 2.08. The molecule has 112 valence electrons. The molecular weight excluding hydrogens is 348 g/mol. The van der Waals surface area contributed by atoms with Gasteiger partial charge in [0.15, 0.2) is 5.75 Å². The standard InChI is InChI=1S/C16H13BrN2O3/c1-9-4-2-3-5-14(9)22-15-8-18-19-16(15)10-6-11(17)13(21)7-12(10)20/h2-8,20-21H,1H3,(H,18,19). The number of rotatable bonds is 3. The van der Waals surface area contributed by atoms with Crippen LogP contribution in [0.3, 0.4) is 0 Å². The van der Waals surface area contributed by atoms with Crippen LogP contribution in [-0.2, 0) is 0 Å². The number of aromatic hydroxyl groups is 2. The average molecular weight is 361 g/mol. The van der Waals surface area contributed by atoms with E-state index >= 15 is 0 Å². The summed E-state index contributed by atoms with van der Waals surface area (Å²) >= 11 is 3.23. The van der Waals surface area contributed by atoms with Gasteiger partial charge in [0.2, 0.25) is 0 Å². The van der Waals surface area contributed by atoms with Crippen LogP contribution in [-0.4, -0.2) is 20.4 Å². The number of phenolic OH excluding ortho intramolecular Hbond substituents is 2. The van der Waals surface area contributed by atoms with E-state index in [2.05, 4.69) is 26.1 Å². The highest BCUT2D eigenvalue weighted by Gasteiger charge is 2.17. The van der Waals surface area contributed by atoms with Crippen LogP contribution in [0.5, 0.6) is 23.0 Å². The molecule has 1 heterocycles. The number of hydrogen-bond acceptors (Lipinski definition) is 4. The first-order valence-electron chi connectivity index (χ1n) is 6.55. The maximum Gasteiger partial charge on any atom is 0.173 e. The summed E-state index contributed by atoms with van der Waals surface area (Å²) in [5.74, 6) is 1.07. The Morgan fingerprint density at radius 1 is 1.09 bits per heavy atom. The van der Waals surface area contributed by atoms with Gasteiger partial charge in [0.1, 0.15) is 22.9 Å². The van der Waals surface area contributed by atoms with Gasteiger partial charge in [-0.25, -0.2) is 0 Å². The number of aromatic nitrogens is 2. The van der Waals surface area contributed by atoms with Gasteiger partial charge in [0.05, 0.1) is 10.7 Å². The van der Waals surface area contributed by atoms with Gasteiger partial charge in [0.25, 0.3) is 0 Å². The predicted molar refractivity (Wildman–Crippen MR) is 86.3 cm³/mol. The Morgan fingerprint density at radius 3 is 2.64 bits per heavy atom. The molecule has 0 saturated carbocycles. The summed E-state index contributed by atoms with van der Waals surface area (Å²) in [5, 5.41) is 26.5. The molecule has 0 saturated heterocycles. The van der Waals surface area contributed by atoms with E-state index in [1.807, 2.05) is 31.2 Å². The van der Waals surface area contributed by atoms with Crippen LogP contribution >= 0.6 is 15.9 Å². The third kappa shape index (κ3) is 2.65. The molecule has 0 radical (unpaired) electrons. The van der Waals surface area contributed by atoms with Gasteiger partial charge in [-0.1, -0.05) is 18.2 Å². The SMILES string of the molecule is Cc1ccccc1Oc1c[nH]nc1-c1cc(Br)c(O)cc1O. The first-order chi connectivity index (χ1) is 10.6. The Balaban J connectivity index is 2.03. The molecule has 5 nitrogen and oxygen atoms in total. The Hall–Kier alpha value is -2.47. The molecule has 3 N–H and O–H groups in total. The number of aryl methyl sites for hydroxylation is 1. The van der Waals surface area contributed by atoms with Crippen LogP contribution in [0.2, 0.25) is 0 Å². The minimum atomic E-state index is -0.0811. The lowest BCUT2D eigenvalue weighted by Crippen LogP contribution is -1.89. The largest absolute Gasteiger partial charge is 0.507 e. The molecular formula is C16H13BrN2O3. The van der Waals surface area contributed by atoms with Gasteiger partial charge in [-0.2, -0.15) is 5.10 Å². The number of nitrogens with one attached hydrogen (secondary N) is 1. The van der Waals surface area contributed by atoms with Crippen molar-refractivity contribution >= 4 is 15.9 Å². The number of phenols is 2. The zero-order chi connectivity index (χ0) is 15.7. The third-order valence-electron chi connectivity index (χ3n) is 3.24. The zero-order valence-corrected chi connectivity index (χ0v) is 13.3. The number of H-pyrrole nitrogens is 1. The van der Waals surface area contributed by atoms with Crippen molar-refractivity contribution in [3.63, 3.8) is 0 Å². The van der Waals surface area contributed by atoms with Crippen LogP contribution in [0.25, 0.3) is 11.3 Å². The molecule has 0 fully saturated rings. The Labute approximate surface area is 135 Å². The predicted octanol–water partition coefficient (Wildman–Crippen LogP) is 4.35. The highest BCUT2D eigenvalue weighted by atomic mass is 79.9. The Kier molecular flexibility index (Phi) is 3.77. The van der Waals surface area contributed by atoms with E-state index in [1.54, 1.807) is 12.3 Å². The van der Waals surface area contributed by atoms with Crippen LogP contribution in [0.4, 0.5) is 0 Å². The first-order valence-corrected chi connectivity index (χ1v) is 7.34. The molecule has 3 rings (SSSR count). The van der Waals surface area contributed by atoms with Gasteiger partial charge in [-0.15, -0.1) is 0 Å². The number of nitrogens with zero attached hydrogens (tertiary/aromatic N) is 1. The van der Waals surface area contributed by atoms with Crippen LogP contribution in [0.15, 0.2) is 47.1 Å². The Morgan fingerprint density at radius 2 is 1.86 bits per heavy atom. The molecule has 1 aromatic heterocycles. The molecule has 0 spiro atoms. The quantitative estimate of drug-likeness (QED) is 0.648. The zero-order valence-electron chi connectivity index (χ0n) is 11.7. The fourth-order valence-corrected chi connectivity index (χ4v) is 2.42. The van der Waals surface area contributed by atoms with Gasteiger partial charge in [-0.05, 0) is 40.5 Å². The summed E-state index contributed by atoms with van der Waals surface area (Å²) in [6.07, 6.45) is 1.61. The summed E-state index contributed by atoms with van der Waals surface area (Å²) in [7, 11) is 0. The molecule has 0 atom stereocenters. The van der Waals surface area contributed by atoms with Gasteiger partial charge in [0, 0.05) is 11.6 Å². The molecule has 0 aliphatic heterocycles. The summed E-state index contributed by atoms with van der Waals surface area (Å²) in [5.41, 5.74) is 1.90. The second-order valence-electron chi connectivity index (χ2n) is 4.79. The lowest BCUT2D eigenvalue weighted by atomic mass is 10.1. The maximum absolute atomic E-state index is 10.0. The van der Waals surface area contributed by atoms with Crippen LogP contribution in [0, 0.1) is 6.92 Å². The van der Waals surface area contributed by atoms with E-state index < -0.39 is 0 Å². The van der Waals surface area contributed by atoms with Crippen molar-refractivity contribution in [3.05, 3.63) is 52.6 Å². The first kappa shape index (κ1) is 14.5. The summed E-state index contributed by atoms with van der Waals surface area (Å²) in [4.78, 5) is 0. The highest BCUT2D eigenvalue weighted by Crippen LogP contribution is 2.41. The normalized spacial score (nSPS) is 10.6. The minimum Gasteiger partial charge on any atom is -0.507 e. The van der Waals surface area contributed by atoms with E-state index in [4.69, 9.17) is 4.74 Å². The second kappa shape index (κ2) is 5.73. The molecule has 0 aliphatic rings. The van der Waals surface area contributed by atoms with Crippen molar-refractivity contribution in [1.82, 2.24) is 10.2 Å². The van der Waals surface area contributed by atoms with Gasteiger partial charge < -0.3 is 14.9 Å². The summed E-state index contributed by atoms with van der Waals surface area (Å²) < 4.78 is 6.34. The van der Waals surface area contributed by atoms with Crippen molar-refractivity contribution in [2.24, 2.45) is 0 Å². The monoisotopic (exact) mass is 360 g/mol. The fraction of sp³-hybridized carbons (Fsp3) is 0.0625. The number of hydrogen-bond donors (Lipinski definition) is 3. The number of aromatic amines is 1. The van der Waals surface area contributed by atoms with E-state index in [9.17, 15) is 10.2 Å². The molecule has 0 unspecified atom stereocenters. The molecule has 0 amide bonds. The molecule has 0 aliphatic carbocycles. The van der Waals surface area contributed by atoms with Crippen molar-refractivity contribution in [1.29, 1.82) is 0 Å². The van der Waals surface area contributed by atoms with Crippen LogP contribution in [0.1, 0.15) is 5.56 Å². The molecule has 0 bridgehead atoms. The van der Waals surface area contributed by atoms with E-state index in [0.717, 1.165) is 5.56 Å². The second-order valence-corrected chi connectivity index (χ2v) is 5.64. The topological polar surface area (TPSA) is 78.4 Å². The van der Waals surface area contributed by atoms with Crippen molar-refractivity contribution in [2.75, 3.05) is 0 Å². The summed E-state index contributed by atoms with van der Waals surface area (Å²) in [6, 6.07) is 10.5. The van der Waals surface area contributed by atoms with Crippen molar-refractivity contribution < 1.29 is 14.9 Å². The maximum atomic E-state index is 10.0. The lowest BCUT2D eigenvalue weighted by Gasteiger charge is -2.10. The van der Waals surface area contributed by atoms with Crippen molar-refractivity contribution in [2.45, 2.75) is 6.92 Å². The summed E-state index contributed by atoms with van der Waals surface area (Å²) in [6.45, 7) is 1.95. The molecule has 6 heteroatoms. The van der Waals surface area contributed by atoms with E-state index in [-0.39, 0.29) is 11.5 Å². The number of benzene rings is 2. The molecule has 3 aromatic rings. The molecule has 22 heavy (non-hydrogen) atoms.